The van der Waals surface area contributed by atoms with E-state index in [0.29, 0.717) is 38.4 Å². The number of aryl methyl sites for hydroxylation is 1. The van der Waals surface area contributed by atoms with Crippen LogP contribution in [0.2, 0.25) is 15.1 Å². The number of anilines is 1. The van der Waals surface area contributed by atoms with Gasteiger partial charge in [-0.2, -0.15) is 0 Å². The molecule has 7 nitrogen and oxygen atoms in total. The number of rotatable bonds is 11. The predicted molar refractivity (Wildman–Crippen MR) is 158 cm³/mol. The minimum atomic E-state index is -3.88. The lowest BCUT2D eigenvalue weighted by molar-refractivity contribution is -0.140. The van der Waals surface area contributed by atoms with Gasteiger partial charge in [-0.3, -0.25) is 13.9 Å². The van der Waals surface area contributed by atoms with Crippen LogP contribution in [0.1, 0.15) is 23.6 Å². The fourth-order valence-electron chi connectivity index (χ4n) is 4.17. The molecule has 0 saturated heterocycles. The van der Waals surface area contributed by atoms with E-state index in [2.05, 4.69) is 5.32 Å². The molecule has 0 fully saturated rings. The molecule has 3 rings (SSSR count). The highest BCUT2D eigenvalue weighted by molar-refractivity contribution is 7.92. The molecule has 2 amide bonds. The van der Waals surface area contributed by atoms with Gasteiger partial charge in [-0.1, -0.05) is 71.2 Å². The van der Waals surface area contributed by atoms with Gasteiger partial charge in [0.05, 0.1) is 11.9 Å². The van der Waals surface area contributed by atoms with Gasteiger partial charge in [0, 0.05) is 34.6 Å². The van der Waals surface area contributed by atoms with Crippen molar-refractivity contribution in [2.45, 2.75) is 32.9 Å². The minimum Gasteiger partial charge on any atom is -0.355 e. The van der Waals surface area contributed by atoms with Crippen molar-refractivity contribution in [2.24, 2.45) is 0 Å². The number of amides is 2. The zero-order chi connectivity index (χ0) is 28.7. The van der Waals surface area contributed by atoms with E-state index < -0.39 is 28.5 Å². The summed E-state index contributed by atoms with van der Waals surface area (Å²) in [7, 11) is -3.88. The van der Waals surface area contributed by atoms with Crippen molar-refractivity contribution in [3.8, 4) is 0 Å². The molecule has 208 valence electrons. The normalized spacial score (nSPS) is 12.1. The number of sulfonamides is 1. The summed E-state index contributed by atoms with van der Waals surface area (Å²) in [6, 6.07) is 18.0. The molecule has 0 aliphatic heterocycles. The number of carbonyl (C=O) groups is 2. The van der Waals surface area contributed by atoms with Gasteiger partial charge in [0.1, 0.15) is 12.6 Å². The van der Waals surface area contributed by atoms with Crippen molar-refractivity contribution in [3.05, 3.63) is 98.5 Å². The molecule has 11 heteroatoms. The lowest BCUT2D eigenvalue weighted by Crippen LogP contribution is -2.53. The van der Waals surface area contributed by atoms with E-state index in [4.69, 9.17) is 34.8 Å². The molecule has 1 unspecified atom stereocenters. The molecule has 3 aromatic carbocycles. The maximum absolute atomic E-state index is 14.0. The molecule has 39 heavy (non-hydrogen) atoms. The van der Waals surface area contributed by atoms with Crippen LogP contribution in [0, 0.1) is 6.92 Å². The predicted octanol–water partition coefficient (Wildman–Crippen LogP) is 5.50. The molecule has 3 aromatic rings. The van der Waals surface area contributed by atoms with Crippen molar-refractivity contribution < 1.29 is 18.0 Å². The van der Waals surface area contributed by atoms with Gasteiger partial charge in [-0.05, 0) is 60.9 Å². The topological polar surface area (TPSA) is 86.8 Å². The monoisotopic (exact) mass is 609 g/mol. The van der Waals surface area contributed by atoms with Crippen molar-refractivity contribution in [3.63, 3.8) is 0 Å². The molecule has 1 atom stereocenters. The third kappa shape index (κ3) is 8.35. The number of hydrogen-bond acceptors (Lipinski definition) is 4. The Balaban J connectivity index is 2.08. The molecule has 0 bridgehead atoms. The molecular formula is C28H30Cl3N3O4S. The summed E-state index contributed by atoms with van der Waals surface area (Å²) >= 11 is 18.6. The molecule has 0 radical (unpaired) electrons. The van der Waals surface area contributed by atoms with Crippen LogP contribution in [0.25, 0.3) is 0 Å². The SMILES string of the molecule is CCNC(=O)C(Cc1ccccc1)N(Cc1ccc(Cl)cc1Cl)C(=O)CN(c1ccc(Cl)cc1C)S(C)(=O)=O. The van der Waals surface area contributed by atoms with Crippen molar-refractivity contribution >= 4 is 62.3 Å². The second-order valence-electron chi connectivity index (χ2n) is 9.06. The fraction of sp³-hybridized carbons (Fsp3) is 0.286. The van der Waals surface area contributed by atoms with Crippen LogP contribution >= 0.6 is 34.8 Å². The van der Waals surface area contributed by atoms with Crippen LogP contribution < -0.4 is 9.62 Å². The van der Waals surface area contributed by atoms with Crippen molar-refractivity contribution in [1.82, 2.24) is 10.2 Å². The smallest absolute Gasteiger partial charge is 0.244 e. The fourth-order valence-corrected chi connectivity index (χ4v) is 5.77. The third-order valence-electron chi connectivity index (χ3n) is 6.08. The lowest BCUT2D eigenvalue weighted by Gasteiger charge is -2.34. The van der Waals surface area contributed by atoms with Crippen LogP contribution in [0.3, 0.4) is 0 Å². The molecule has 0 spiro atoms. The quantitative estimate of drug-likeness (QED) is 0.311. The molecule has 0 heterocycles. The number of halogens is 3. The Morgan fingerprint density at radius 2 is 1.59 bits per heavy atom. The molecule has 0 aliphatic rings. The first-order chi connectivity index (χ1) is 18.4. The Kier molecular flexibility index (Phi) is 10.7. The molecule has 0 aromatic heterocycles. The second kappa shape index (κ2) is 13.5. The van der Waals surface area contributed by atoms with E-state index in [9.17, 15) is 18.0 Å². The maximum atomic E-state index is 14.0. The molecule has 1 N–H and O–H groups in total. The maximum Gasteiger partial charge on any atom is 0.244 e. The Labute approximate surface area is 244 Å². The Morgan fingerprint density at radius 3 is 2.18 bits per heavy atom. The summed E-state index contributed by atoms with van der Waals surface area (Å²) in [6.45, 7) is 3.28. The van der Waals surface area contributed by atoms with Gasteiger partial charge in [0.25, 0.3) is 0 Å². The van der Waals surface area contributed by atoms with E-state index in [0.717, 1.165) is 16.1 Å². The van der Waals surface area contributed by atoms with Crippen LogP contribution in [-0.2, 0) is 32.6 Å². The number of likely N-dealkylation sites (N-methyl/N-ethyl adjacent to an activating group) is 1. The highest BCUT2D eigenvalue weighted by atomic mass is 35.5. The van der Waals surface area contributed by atoms with E-state index in [1.165, 1.54) is 4.90 Å². The number of nitrogens with zero attached hydrogens (tertiary/aromatic N) is 2. The standard InChI is InChI=1S/C28H30Cl3N3O4S/c1-4-32-28(36)26(15-20-8-6-5-7-9-20)33(17-21-10-11-23(30)16-24(21)31)27(35)18-34(39(3,37)38)25-13-12-22(29)14-19(25)2/h5-14,16,26H,4,15,17-18H2,1-3H3,(H,32,36). The highest BCUT2D eigenvalue weighted by Crippen LogP contribution is 2.27. The summed E-state index contributed by atoms with van der Waals surface area (Å²) in [5.74, 6) is -0.943. The first-order valence-electron chi connectivity index (χ1n) is 12.2. The van der Waals surface area contributed by atoms with Crippen LogP contribution in [0.5, 0.6) is 0 Å². The summed E-state index contributed by atoms with van der Waals surface area (Å²) in [5.41, 5.74) is 2.29. The van der Waals surface area contributed by atoms with Crippen molar-refractivity contribution in [2.75, 3.05) is 23.7 Å². The third-order valence-corrected chi connectivity index (χ3v) is 8.03. The molecule has 0 saturated carbocycles. The summed E-state index contributed by atoms with van der Waals surface area (Å²) in [5, 5.41) is 3.99. The van der Waals surface area contributed by atoms with Crippen LogP contribution in [0.4, 0.5) is 5.69 Å². The van der Waals surface area contributed by atoms with Gasteiger partial charge >= 0.3 is 0 Å². The first-order valence-corrected chi connectivity index (χ1v) is 15.2. The summed E-state index contributed by atoms with van der Waals surface area (Å²) in [4.78, 5) is 28.8. The van der Waals surface area contributed by atoms with E-state index in [1.807, 2.05) is 30.3 Å². The van der Waals surface area contributed by atoms with Gasteiger partial charge in [0.2, 0.25) is 21.8 Å². The highest BCUT2D eigenvalue weighted by Gasteiger charge is 2.33. The average Bonchev–Trinajstić information content (AvgIpc) is 2.86. The van der Waals surface area contributed by atoms with Crippen LogP contribution in [0.15, 0.2) is 66.7 Å². The second-order valence-corrected chi connectivity index (χ2v) is 12.2. The van der Waals surface area contributed by atoms with Gasteiger partial charge in [0.15, 0.2) is 0 Å². The largest absolute Gasteiger partial charge is 0.355 e. The van der Waals surface area contributed by atoms with Gasteiger partial charge in [-0.15, -0.1) is 0 Å². The zero-order valence-corrected chi connectivity index (χ0v) is 24.9. The minimum absolute atomic E-state index is 0.0410. The van der Waals surface area contributed by atoms with Gasteiger partial charge < -0.3 is 10.2 Å². The molecular weight excluding hydrogens is 581 g/mol. The number of hydrogen-bond donors (Lipinski definition) is 1. The first kappa shape index (κ1) is 30.8. The number of benzene rings is 3. The number of carbonyl (C=O) groups excluding carboxylic acids is 2. The summed E-state index contributed by atoms with van der Waals surface area (Å²) in [6.07, 6.45) is 1.24. The Bertz CT molecular complexity index is 1440. The van der Waals surface area contributed by atoms with E-state index in [1.54, 1.807) is 50.2 Å². The van der Waals surface area contributed by atoms with Gasteiger partial charge in [-0.25, -0.2) is 8.42 Å². The van der Waals surface area contributed by atoms with E-state index in [-0.39, 0.29) is 18.9 Å². The van der Waals surface area contributed by atoms with E-state index >= 15 is 0 Å². The van der Waals surface area contributed by atoms with Crippen LogP contribution in [-0.4, -0.2) is 50.5 Å². The zero-order valence-electron chi connectivity index (χ0n) is 21.8. The van der Waals surface area contributed by atoms with Crippen molar-refractivity contribution in [1.29, 1.82) is 0 Å². The Morgan fingerprint density at radius 1 is 0.949 bits per heavy atom. The average molecular weight is 611 g/mol. The lowest BCUT2D eigenvalue weighted by atomic mass is 10.0. The number of nitrogens with one attached hydrogen (secondary N) is 1. The Hall–Kier alpha value is -2.78. The summed E-state index contributed by atoms with van der Waals surface area (Å²) < 4.78 is 26.8. The molecule has 0 aliphatic carbocycles.